The lowest BCUT2D eigenvalue weighted by atomic mass is 10.00. The summed E-state index contributed by atoms with van der Waals surface area (Å²) in [6.45, 7) is 7.42. The van der Waals surface area contributed by atoms with Crippen molar-refractivity contribution in [3.63, 3.8) is 0 Å². The Hall–Kier alpha value is -3.15. The molecule has 2 aromatic carbocycles. The van der Waals surface area contributed by atoms with Crippen molar-refractivity contribution in [1.82, 2.24) is 5.32 Å². The smallest absolute Gasteiger partial charge is 0.253 e. The van der Waals surface area contributed by atoms with Crippen LogP contribution < -0.4 is 24.8 Å². The highest BCUT2D eigenvalue weighted by atomic mass is 16.5. The summed E-state index contributed by atoms with van der Waals surface area (Å²) in [4.78, 5) is 12.8. The normalized spacial score (nSPS) is 15.4. The van der Waals surface area contributed by atoms with E-state index in [1.54, 1.807) is 20.3 Å². The molecule has 1 atom stereocenters. The quantitative estimate of drug-likeness (QED) is 0.703. The van der Waals surface area contributed by atoms with Crippen molar-refractivity contribution in [3.8, 4) is 17.2 Å². The maximum Gasteiger partial charge on any atom is 0.253 e. The molecule has 0 aromatic heterocycles. The van der Waals surface area contributed by atoms with E-state index < -0.39 is 0 Å². The van der Waals surface area contributed by atoms with Gasteiger partial charge < -0.3 is 24.8 Å². The van der Waals surface area contributed by atoms with Gasteiger partial charge in [0, 0.05) is 12.6 Å². The molecular formula is C23H28N2O4. The first-order valence-corrected chi connectivity index (χ1v) is 9.77. The molecule has 1 aliphatic rings. The zero-order valence-corrected chi connectivity index (χ0v) is 17.2. The predicted octanol–water partition coefficient (Wildman–Crippen LogP) is 4.12. The number of benzene rings is 2. The second kappa shape index (κ2) is 9.37. The monoisotopic (exact) mass is 396 g/mol. The Balaban J connectivity index is 1.74. The summed E-state index contributed by atoms with van der Waals surface area (Å²) in [5, 5.41) is 6.46. The van der Waals surface area contributed by atoms with Gasteiger partial charge in [0.2, 0.25) is 0 Å². The summed E-state index contributed by atoms with van der Waals surface area (Å²) in [5.41, 5.74) is 3.27. The number of methoxy groups -OCH3 is 2. The lowest BCUT2D eigenvalue weighted by Crippen LogP contribution is -2.37. The molecule has 0 saturated carbocycles. The lowest BCUT2D eigenvalue weighted by Gasteiger charge is -2.18. The summed E-state index contributed by atoms with van der Waals surface area (Å²) in [6, 6.07) is 11.2. The number of carbonyl (C=O) groups excluding carboxylic acids is 1. The van der Waals surface area contributed by atoms with E-state index in [0.717, 1.165) is 29.0 Å². The summed E-state index contributed by atoms with van der Waals surface area (Å²) in [7, 11) is 3.21. The molecule has 0 radical (unpaired) electrons. The van der Waals surface area contributed by atoms with Crippen molar-refractivity contribution in [2.75, 3.05) is 32.7 Å². The van der Waals surface area contributed by atoms with Gasteiger partial charge in [-0.25, -0.2) is 0 Å². The maximum absolute atomic E-state index is 12.8. The number of hydrogen-bond donors (Lipinski definition) is 2. The summed E-state index contributed by atoms with van der Waals surface area (Å²) < 4.78 is 16.4. The van der Waals surface area contributed by atoms with Gasteiger partial charge in [-0.15, -0.1) is 0 Å². The molecule has 2 N–H and O–H groups in total. The second-order valence-corrected chi connectivity index (χ2v) is 6.98. The fourth-order valence-electron chi connectivity index (χ4n) is 3.29. The van der Waals surface area contributed by atoms with Crippen molar-refractivity contribution in [2.45, 2.75) is 25.8 Å². The van der Waals surface area contributed by atoms with Crippen LogP contribution in [0.3, 0.4) is 0 Å². The Morgan fingerprint density at radius 1 is 1.14 bits per heavy atom. The number of fused-ring (bicyclic) bond motifs is 1. The minimum atomic E-state index is -0.141. The molecule has 154 valence electrons. The molecule has 0 bridgehead atoms. The summed E-state index contributed by atoms with van der Waals surface area (Å²) >= 11 is 0. The third-order valence-corrected chi connectivity index (χ3v) is 4.88. The molecule has 0 spiro atoms. The molecule has 2 aromatic rings. The highest BCUT2D eigenvalue weighted by Gasteiger charge is 2.24. The van der Waals surface area contributed by atoms with E-state index in [9.17, 15) is 4.79 Å². The van der Waals surface area contributed by atoms with Crippen LogP contribution in [0.15, 0.2) is 43.0 Å². The zero-order chi connectivity index (χ0) is 20.8. The largest absolute Gasteiger partial charge is 0.497 e. The van der Waals surface area contributed by atoms with Gasteiger partial charge in [-0.05, 0) is 42.2 Å². The Morgan fingerprint density at radius 2 is 1.90 bits per heavy atom. The molecule has 1 amide bonds. The molecule has 1 heterocycles. The number of carbonyl (C=O) groups is 1. The van der Waals surface area contributed by atoms with Crippen LogP contribution >= 0.6 is 0 Å². The van der Waals surface area contributed by atoms with E-state index >= 15 is 0 Å². The van der Waals surface area contributed by atoms with Gasteiger partial charge in [0.1, 0.15) is 5.75 Å². The van der Waals surface area contributed by atoms with Crippen LogP contribution in [0.2, 0.25) is 0 Å². The number of nitrogens with one attached hydrogen (secondary N) is 2. The zero-order valence-electron chi connectivity index (χ0n) is 17.2. The van der Waals surface area contributed by atoms with E-state index in [1.165, 1.54) is 0 Å². The number of anilines is 1. The average molecular weight is 396 g/mol. The molecule has 1 aliphatic heterocycles. The lowest BCUT2D eigenvalue weighted by molar-refractivity contribution is 0.0943. The van der Waals surface area contributed by atoms with Crippen LogP contribution in [-0.4, -0.2) is 39.3 Å². The topological polar surface area (TPSA) is 68.8 Å². The van der Waals surface area contributed by atoms with Crippen molar-refractivity contribution in [3.05, 3.63) is 54.1 Å². The predicted molar refractivity (Wildman–Crippen MR) is 115 cm³/mol. The van der Waals surface area contributed by atoms with Crippen LogP contribution in [-0.2, 0) is 0 Å². The number of hydrogen-bond acceptors (Lipinski definition) is 5. The van der Waals surface area contributed by atoms with Crippen LogP contribution in [0.4, 0.5) is 5.69 Å². The number of rotatable bonds is 8. The Morgan fingerprint density at radius 3 is 2.55 bits per heavy atom. The molecule has 0 fully saturated rings. The molecule has 0 aliphatic carbocycles. The first-order valence-electron chi connectivity index (χ1n) is 9.77. The van der Waals surface area contributed by atoms with Crippen LogP contribution in [0.5, 0.6) is 17.2 Å². The molecule has 6 nitrogen and oxygen atoms in total. The van der Waals surface area contributed by atoms with Gasteiger partial charge in [-0.2, -0.15) is 0 Å². The van der Waals surface area contributed by atoms with Crippen LogP contribution in [0.1, 0.15) is 35.7 Å². The maximum atomic E-state index is 12.8. The van der Waals surface area contributed by atoms with E-state index in [1.807, 2.05) is 37.3 Å². The SMILES string of the molecule is C=C(CC1CNc2cc(OCCC)c(OC)cc2C(=O)N1)c1ccc(OC)cc1. The summed E-state index contributed by atoms with van der Waals surface area (Å²) in [6.07, 6.45) is 1.53. The van der Waals surface area contributed by atoms with Crippen molar-refractivity contribution < 1.29 is 19.0 Å². The fourth-order valence-corrected chi connectivity index (χ4v) is 3.29. The van der Waals surface area contributed by atoms with Gasteiger partial charge in [0.05, 0.1) is 38.1 Å². The van der Waals surface area contributed by atoms with E-state index in [-0.39, 0.29) is 11.9 Å². The average Bonchev–Trinajstić information content (AvgIpc) is 2.89. The Kier molecular flexibility index (Phi) is 6.65. The van der Waals surface area contributed by atoms with Gasteiger partial charge in [0.25, 0.3) is 5.91 Å². The third-order valence-electron chi connectivity index (χ3n) is 4.88. The number of ether oxygens (including phenoxy) is 3. The molecule has 6 heteroatoms. The van der Waals surface area contributed by atoms with E-state index in [4.69, 9.17) is 14.2 Å². The third kappa shape index (κ3) is 4.83. The van der Waals surface area contributed by atoms with Crippen molar-refractivity contribution in [1.29, 1.82) is 0 Å². The first kappa shape index (κ1) is 20.6. The second-order valence-electron chi connectivity index (χ2n) is 6.98. The van der Waals surface area contributed by atoms with E-state index in [2.05, 4.69) is 17.2 Å². The van der Waals surface area contributed by atoms with E-state index in [0.29, 0.717) is 36.6 Å². The Labute approximate surface area is 171 Å². The molecule has 0 saturated heterocycles. The minimum Gasteiger partial charge on any atom is -0.497 e. The summed E-state index contributed by atoms with van der Waals surface area (Å²) in [5.74, 6) is 1.85. The molecule has 29 heavy (non-hydrogen) atoms. The highest BCUT2D eigenvalue weighted by molar-refractivity contribution is 6.01. The van der Waals surface area contributed by atoms with Gasteiger partial charge in [-0.1, -0.05) is 25.6 Å². The molecular weight excluding hydrogens is 368 g/mol. The first-order chi connectivity index (χ1) is 14.0. The van der Waals surface area contributed by atoms with Crippen LogP contribution in [0.25, 0.3) is 5.57 Å². The molecule has 3 rings (SSSR count). The van der Waals surface area contributed by atoms with Crippen molar-refractivity contribution in [2.24, 2.45) is 0 Å². The van der Waals surface area contributed by atoms with Gasteiger partial charge in [-0.3, -0.25) is 4.79 Å². The van der Waals surface area contributed by atoms with Crippen molar-refractivity contribution >= 4 is 17.2 Å². The highest BCUT2D eigenvalue weighted by Crippen LogP contribution is 2.35. The van der Waals surface area contributed by atoms with Gasteiger partial charge >= 0.3 is 0 Å². The fraction of sp³-hybridized carbons (Fsp3) is 0.348. The van der Waals surface area contributed by atoms with Gasteiger partial charge in [0.15, 0.2) is 11.5 Å². The standard InChI is InChI=1S/C23H28N2O4/c1-5-10-29-22-13-20-19(12-21(22)28-4)23(26)25-17(14-24-20)11-15(2)16-6-8-18(27-3)9-7-16/h6-9,12-13,17,24H,2,5,10-11,14H2,1,3-4H3,(H,25,26). The minimum absolute atomic E-state index is 0.0875. The Bertz CT molecular complexity index is 877. The number of amides is 1. The molecule has 1 unspecified atom stereocenters. The van der Waals surface area contributed by atoms with Crippen LogP contribution in [0, 0.1) is 0 Å².